The third-order valence-corrected chi connectivity index (χ3v) is 6.29. The number of ether oxygens (including phenoxy) is 1. The average molecular weight is 450 g/mol. The Balaban J connectivity index is 1.06. The Kier molecular flexibility index (Phi) is 6.41. The fraction of sp³-hybridized carbons (Fsp3) is 0.360. The Morgan fingerprint density at radius 1 is 1.06 bits per heavy atom. The minimum atomic E-state index is 0.685. The molecule has 0 amide bonds. The van der Waals surface area contributed by atoms with E-state index in [1.807, 2.05) is 18.2 Å². The zero-order chi connectivity index (χ0) is 21.8. The second kappa shape index (κ2) is 9.76. The van der Waals surface area contributed by atoms with E-state index < -0.39 is 0 Å². The summed E-state index contributed by atoms with van der Waals surface area (Å²) in [7, 11) is 0. The maximum atomic E-state index is 6.20. The average Bonchev–Trinajstić information content (AvgIpc) is 2.84. The number of nitrogens with one attached hydrogen (secondary N) is 1. The van der Waals surface area contributed by atoms with Crippen LogP contribution < -0.4 is 15.0 Å². The summed E-state index contributed by atoms with van der Waals surface area (Å²) in [5, 5.41) is 5.09. The van der Waals surface area contributed by atoms with E-state index in [4.69, 9.17) is 16.3 Å². The quantitative estimate of drug-likeness (QED) is 0.527. The van der Waals surface area contributed by atoms with Crippen molar-refractivity contribution in [2.45, 2.75) is 12.8 Å². The van der Waals surface area contributed by atoms with Gasteiger partial charge < -0.3 is 15.0 Å². The number of hydrogen-bond acceptors (Lipinski definition) is 6. The van der Waals surface area contributed by atoms with Crippen LogP contribution in [0.5, 0.6) is 5.88 Å². The summed E-state index contributed by atoms with van der Waals surface area (Å²) < 4.78 is 5.87. The molecule has 0 saturated carbocycles. The Morgan fingerprint density at radius 3 is 2.88 bits per heavy atom. The molecule has 1 aromatic carbocycles. The van der Waals surface area contributed by atoms with Gasteiger partial charge in [-0.3, -0.25) is 9.88 Å². The fourth-order valence-corrected chi connectivity index (χ4v) is 4.52. The van der Waals surface area contributed by atoms with Crippen LogP contribution in [0, 0.1) is 0 Å². The zero-order valence-corrected chi connectivity index (χ0v) is 18.9. The summed E-state index contributed by atoms with van der Waals surface area (Å²) in [6.07, 6.45) is 8.05. The van der Waals surface area contributed by atoms with Crippen LogP contribution in [-0.4, -0.2) is 60.7 Å². The first-order valence-corrected chi connectivity index (χ1v) is 11.7. The minimum absolute atomic E-state index is 0.685. The van der Waals surface area contributed by atoms with Crippen molar-refractivity contribution in [3.63, 3.8) is 0 Å². The van der Waals surface area contributed by atoms with Gasteiger partial charge in [0.05, 0.1) is 17.1 Å². The first-order valence-electron chi connectivity index (χ1n) is 11.3. The van der Waals surface area contributed by atoms with Gasteiger partial charge in [0.25, 0.3) is 0 Å². The molecule has 0 radical (unpaired) electrons. The van der Waals surface area contributed by atoms with Crippen molar-refractivity contribution in [3.8, 4) is 5.88 Å². The largest absolute Gasteiger partial charge is 0.478 e. The van der Waals surface area contributed by atoms with E-state index in [-0.39, 0.29) is 0 Å². The van der Waals surface area contributed by atoms with Crippen molar-refractivity contribution in [3.05, 3.63) is 59.3 Å². The molecule has 0 bridgehead atoms. The number of halogens is 1. The molecule has 6 nitrogen and oxygen atoms in total. The highest BCUT2D eigenvalue weighted by Gasteiger charge is 2.18. The lowest BCUT2D eigenvalue weighted by Gasteiger charge is -2.36. The highest BCUT2D eigenvalue weighted by atomic mass is 35.5. The van der Waals surface area contributed by atoms with Crippen LogP contribution in [0.15, 0.2) is 48.7 Å². The monoisotopic (exact) mass is 449 g/mol. The van der Waals surface area contributed by atoms with Gasteiger partial charge >= 0.3 is 0 Å². The molecule has 4 heterocycles. The molecule has 2 aliphatic rings. The maximum absolute atomic E-state index is 6.20. The van der Waals surface area contributed by atoms with E-state index in [9.17, 15) is 0 Å². The predicted molar refractivity (Wildman–Crippen MR) is 132 cm³/mol. The van der Waals surface area contributed by atoms with E-state index in [0.717, 1.165) is 74.4 Å². The molecule has 1 saturated heterocycles. The Bertz CT molecular complexity index is 1110. The molecule has 1 fully saturated rings. The second-order valence-corrected chi connectivity index (χ2v) is 8.69. The van der Waals surface area contributed by atoms with Crippen LogP contribution in [0.25, 0.3) is 17.0 Å². The Labute approximate surface area is 193 Å². The summed E-state index contributed by atoms with van der Waals surface area (Å²) in [6.45, 7) is 6.79. The van der Waals surface area contributed by atoms with Crippen LogP contribution in [-0.2, 0) is 0 Å². The molecular formula is C25H28ClN5O. The van der Waals surface area contributed by atoms with Crippen molar-refractivity contribution in [2.24, 2.45) is 0 Å². The number of rotatable bonds is 7. The smallest absolute Gasteiger partial charge is 0.215 e. The van der Waals surface area contributed by atoms with Gasteiger partial charge in [0.2, 0.25) is 5.88 Å². The van der Waals surface area contributed by atoms with Crippen molar-refractivity contribution in [1.82, 2.24) is 14.9 Å². The first kappa shape index (κ1) is 21.0. The first-order chi connectivity index (χ1) is 15.8. The number of fused-ring (bicyclic) bond motifs is 2. The van der Waals surface area contributed by atoms with E-state index in [1.54, 1.807) is 6.20 Å². The van der Waals surface area contributed by atoms with E-state index in [1.165, 1.54) is 5.69 Å². The minimum Gasteiger partial charge on any atom is -0.478 e. The summed E-state index contributed by atoms with van der Waals surface area (Å²) in [5.41, 5.74) is 3.34. The van der Waals surface area contributed by atoms with Crippen LogP contribution in [0.4, 0.5) is 11.5 Å². The molecule has 0 spiro atoms. The van der Waals surface area contributed by atoms with Gasteiger partial charge in [0, 0.05) is 61.6 Å². The standard InChI is InChI=1S/C25H28ClN5O/c26-20-17-21-22(28-18-20)6-3-7-23(21)31-14-12-30(13-15-31)11-1-2-16-32-24-9-8-19-5-4-10-27-25(19)29-24/h3-9,17-18H,1-2,10-16H2,(H,27,29). The number of nitrogens with zero attached hydrogens (tertiary/aromatic N) is 4. The molecule has 3 aromatic rings. The lowest BCUT2D eigenvalue weighted by Crippen LogP contribution is -2.46. The van der Waals surface area contributed by atoms with Crippen molar-refractivity contribution in [2.75, 3.05) is 56.1 Å². The van der Waals surface area contributed by atoms with E-state index >= 15 is 0 Å². The SMILES string of the molecule is Clc1cnc2cccc(N3CCN(CCCCOc4ccc5c(n4)NCC=C5)CC3)c2c1. The van der Waals surface area contributed by atoms with Gasteiger partial charge in [-0.05, 0) is 43.7 Å². The van der Waals surface area contributed by atoms with Crippen LogP contribution in [0.1, 0.15) is 18.4 Å². The van der Waals surface area contributed by atoms with E-state index in [0.29, 0.717) is 17.5 Å². The molecular weight excluding hydrogens is 422 g/mol. The predicted octanol–water partition coefficient (Wildman–Crippen LogP) is 4.70. The summed E-state index contributed by atoms with van der Waals surface area (Å²) in [5.74, 6) is 1.61. The summed E-state index contributed by atoms with van der Waals surface area (Å²) >= 11 is 6.20. The van der Waals surface area contributed by atoms with Crippen molar-refractivity contribution in [1.29, 1.82) is 0 Å². The van der Waals surface area contributed by atoms with Gasteiger partial charge in [-0.25, -0.2) is 0 Å². The second-order valence-electron chi connectivity index (χ2n) is 8.25. The number of anilines is 2. The van der Waals surface area contributed by atoms with Gasteiger partial charge in [-0.15, -0.1) is 0 Å². The molecule has 0 aliphatic carbocycles. The number of benzene rings is 1. The Morgan fingerprint density at radius 2 is 1.97 bits per heavy atom. The molecule has 0 atom stereocenters. The molecule has 0 unspecified atom stereocenters. The molecule has 2 aromatic heterocycles. The van der Waals surface area contributed by atoms with Crippen molar-refractivity contribution < 1.29 is 4.74 Å². The molecule has 166 valence electrons. The fourth-order valence-electron chi connectivity index (χ4n) is 4.36. The summed E-state index contributed by atoms with van der Waals surface area (Å²) in [4.78, 5) is 14.0. The molecule has 5 rings (SSSR count). The normalized spacial score (nSPS) is 16.1. The molecule has 32 heavy (non-hydrogen) atoms. The lowest BCUT2D eigenvalue weighted by molar-refractivity contribution is 0.237. The zero-order valence-electron chi connectivity index (χ0n) is 18.1. The van der Waals surface area contributed by atoms with Gasteiger partial charge in [0.1, 0.15) is 5.82 Å². The molecule has 1 N–H and O–H groups in total. The lowest BCUT2D eigenvalue weighted by atomic mass is 10.1. The van der Waals surface area contributed by atoms with Gasteiger partial charge in [-0.1, -0.05) is 29.8 Å². The van der Waals surface area contributed by atoms with Crippen molar-refractivity contribution >= 4 is 40.1 Å². The number of hydrogen-bond donors (Lipinski definition) is 1. The third-order valence-electron chi connectivity index (χ3n) is 6.09. The highest BCUT2D eigenvalue weighted by Crippen LogP contribution is 2.28. The number of pyridine rings is 2. The van der Waals surface area contributed by atoms with E-state index in [2.05, 4.69) is 55.4 Å². The number of piperazine rings is 1. The topological polar surface area (TPSA) is 53.5 Å². The Hall–Kier alpha value is -2.83. The number of unbranched alkanes of at least 4 members (excludes halogenated alkanes) is 1. The highest BCUT2D eigenvalue weighted by molar-refractivity contribution is 6.31. The molecule has 2 aliphatic heterocycles. The van der Waals surface area contributed by atoms with Gasteiger partial charge in [-0.2, -0.15) is 4.98 Å². The third kappa shape index (κ3) is 4.81. The summed E-state index contributed by atoms with van der Waals surface area (Å²) in [6, 6.07) is 12.3. The van der Waals surface area contributed by atoms with Crippen LogP contribution >= 0.6 is 11.6 Å². The molecule has 7 heteroatoms. The van der Waals surface area contributed by atoms with Crippen LogP contribution in [0.2, 0.25) is 5.02 Å². The maximum Gasteiger partial charge on any atom is 0.215 e. The van der Waals surface area contributed by atoms with Crippen LogP contribution in [0.3, 0.4) is 0 Å². The number of aromatic nitrogens is 2. The van der Waals surface area contributed by atoms with Gasteiger partial charge in [0.15, 0.2) is 0 Å².